The van der Waals surface area contributed by atoms with Crippen LogP contribution in [0.25, 0.3) is 6.08 Å². The zero-order valence-corrected chi connectivity index (χ0v) is 23.6. The van der Waals surface area contributed by atoms with Crippen LogP contribution in [-0.2, 0) is 16.0 Å². The van der Waals surface area contributed by atoms with E-state index in [1.165, 1.54) is 6.08 Å². The Morgan fingerprint density at radius 1 is 1.11 bits per heavy atom. The van der Waals surface area contributed by atoms with Crippen molar-refractivity contribution in [3.8, 4) is 0 Å². The zero-order valence-electron chi connectivity index (χ0n) is 22.6. The van der Waals surface area contributed by atoms with Crippen molar-refractivity contribution < 1.29 is 19.2 Å². The van der Waals surface area contributed by atoms with Gasteiger partial charge >= 0.3 is 5.95 Å². The van der Waals surface area contributed by atoms with Gasteiger partial charge in [-0.15, -0.1) is 0 Å². The maximum absolute atomic E-state index is 12.6. The number of ether oxygens (including phenoxy) is 2. The largest absolute Gasteiger partial charge is 0.435 e. The molecule has 8 nitrogen and oxygen atoms in total. The maximum Gasteiger partial charge on any atom is 0.435 e. The van der Waals surface area contributed by atoms with E-state index >= 15 is 0 Å². The number of rotatable bonds is 10. The lowest BCUT2D eigenvalue weighted by molar-refractivity contribution is -0.397. The van der Waals surface area contributed by atoms with Crippen molar-refractivity contribution in [3.05, 3.63) is 89.2 Å². The van der Waals surface area contributed by atoms with Gasteiger partial charge in [0.25, 0.3) is 8.32 Å². The van der Waals surface area contributed by atoms with E-state index in [1.54, 1.807) is 10.8 Å². The van der Waals surface area contributed by atoms with Crippen molar-refractivity contribution in [2.75, 3.05) is 13.2 Å². The van der Waals surface area contributed by atoms with Crippen LogP contribution in [0.15, 0.2) is 73.4 Å². The average molecular weight is 536 g/mol. The first kappa shape index (κ1) is 27.9. The number of aromatic nitrogens is 2. The van der Waals surface area contributed by atoms with Crippen LogP contribution in [0.5, 0.6) is 0 Å². The second kappa shape index (κ2) is 10.6. The van der Waals surface area contributed by atoms with E-state index in [9.17, 15) is 14.9 Å². The van der Waals surface area contributed by atoms with Crippen molar-refractivity contribution >= 4 is 30.7 Å². The predicted molar refractivity (Wildman–Crippen MR) is 151 cm³/mol. The van der Waals surface area contributed by atoms with Crippen molar-refractivity contribution in [1.82, 2.24) is 9.55 Å². The van der Waals surface area contributed by atoms with Crippen LogP contribution in [-0.4, -0.2) is 46.6 Å². The molecule has 1 aromatic heterocycles. The molecule has 0 spiro atoms. The Bertz CT molecular complexity index is 1220. The van der Waals surface area contributed by atoms with Crippen LogP contribution in [0, 0.1) is 15.5 Å². The first-order valence-corrected chi connectivity index (χ1v) is 14.8. The summed E-state index contributed by atoms with van der Waals surface area (Å²) in [5.41, 5.74) is -0.112. The molecule has 1 N–H and O–H groups in total. The topological polar surface area (TPSA) is 99.7 Å². The molecule has 0 amide bonds. The molecule has 0 aliphatic carbocycles. The van der Waals surface area contributed by atoms with Crippen molar-refractivity contribution in [2.45, 2.75) is 57.9 Å². The Hall–Kier alpha value is -3.11. The Labute approximate surface area is 225 Å². The maximum atomic E-state index is 12.6. The summed E-state index contributed by atoms with van der Waals surface area (Å²) >= 11 is 0. The van der Waals surface area contributed by atoms with E-state index in [2.05, 4.69) is 25.4 Å². The highest BCUT2D eigenvalue weighted by Gasteiger charge is 2.52. The first-order chi connectivity index (χ1) is 17.9. The standard InChI is InChI=1S/C29H37N3O5Si/c1-6-23-19-31(26(30-23)32(33)34)20-29(21-36-28(4,5)37-22-29)18-17-27(2,3)38(35,24-13-9-7-10-14-24)25-15-11-8-12-16-25/h6-16,19,35H,1,17-18,20-22H2,2-5H3. The summed E-state index contributed by atoms with van der Waals surface area (Å²) in [6, 6.07) is 19.8. The molecular formula is C29H37N3O5Si. The third-order valence-electron chi connectivity index (χ3n) is 7.75. The Morgan fingerprint density at radius 3 is 2.11 bits per heavy atom. The summed E-state index contributed by atoms with van der Waals surface area (Å²) in [6.45, 7) is 12.7. The van der Waals surface area contributed by atoms with Crippen LogP contribution < -0.4 is 10.4 Å². The lowest BCUT2D eigenvalue weighted by Gasteiger charge is -2.46. The molecule has 202 valence electrons. The molecule has 1 aliphatic rings. The van der Waals surface area contributed by atoms with Crippen molar-refractivity contribution in [2.24, 2.45) is 5.41 Å². The van der Waals surface area contributed by atoms with Crippen LogP contribution in [0.2, 0.25) is 5.04 Å². The quantitative estimate of drug-likeness (QED) is 0.233. The molecule has 0 saturated carbocycles. The van der Waals surface area contributed by atoms with Crippen LogP contribution >= 0.6 is 0 Å². The van der Waals surface area contributed by atoms with Crippen LogP contribution in [0.4, 0.5) is 5.95 Å². The van der Waals surface area contributed by atoms with Crippen molar-refractivity contribution in [3.63, 3.8) is 0 Å². The molecule has 38 heavy (non-hydrogen) atoms. The predicted octanol–water partition coefficient (Wildman–Crippen LogP) is 4.52. The lowest BCUT2D eigenvalue weighted by Crippen LogP contribution is -2.65. The molecule has 1 fully saturated rings. The number of benzene rings is 2. The minimum atomic E-state index is -3.22. The van der Waals surface area contributed by atoms with Crippen LogP contribution in [0.1, 0.15) is 46.2 Å². The molecule has 2 aromatic carbocycles. The van der Waals surface area contributed by atoms with E-state index < -0.39 is 29.5 Å². The first-order valence-electron chi connectivity index (χ1n) is 12.9. The summed E-state index contributed by atoms with van der Waals surface area (Å²) in [5, 5.41) is 13.2. The second-order valence-corrected chi connectivity index (χ2v) is 15.3. The lowest BCUT2D eigenvalue weighted by atomic mass is 9.81. The summed E-state index contributed by atoms with van der Waals surface area (Å²) < 4.78 is 13.8. The number of imidazole rings is 1. The third kappa shape index (κ3) is 5.51. The number of nitro groups is 1. The highest BCUT2D eigenvalue weighted by molar-refractivity contribution is 6.98. The van der Waals surface area contributed by atoms with Gasteiger partial charge in [-0.25, -0.2) is 4.57 Å². The zero-order chi connectivity index (χ0) is 27.6. The fraction of sp³-hybridized carbons (Fsp3) is 0.414. The second-order valence-electron chi connectivity index (χ2n) is 11.4. The average Bonchev–Trinajstić information content (AvgIpc) is 3.33. The minimum Gasteiger partial charge on any atom is -0.424 e. The van der Waals surface area contributed by atoms with Crippen molar-refractivity contribution in [1.29, 1.82) is 0 Å². The van der Waals surface area contributed by atoms with Gasteiger partial charge in [0, 0.05) is 5.41 Å². The Morgan fingerprint density at radius 2 is 1.63 bits per heavy atom. The molecule has 0 radical (unpaired) electrons. The van der Waals surface area contributed by atoms with E-state index in [0.29, 0.717) is 38.3 Å². The van der Waals surface area contributed by atoms with Gasteiger partial charge < -0.3 is 24.4 Å². The van der Waals surface area contributed by atoms with E-state index in [-0.39, 0.29) is 5.95 Å². The Balaban J connectivity index is 1.69. The van der Waals surface area contributed by atoms with Gasteiger partial charge in [0.2, 0.25) is 0 Å². The normalized spacial score (nSPS) is 17.2. The highest BCUT2D eigenvalue weighted by Crippen LogP contribution is 2.45. The molecule has 1 saturated heterocycles. The molecule has 0 bridgehead atoms. The van der Waals surface area contributed by atoms with Gasteiger partial charge in [0.15, 0.2) is 11.5 Å². The SMILES string of the molecule is C=Cc1cn(CC2(CCC(C)(C)[Si](O)(c3ccccc3)c3ccccc3)COC(C)(C)OC2)c([N+](=O)[O-])n1. The molecular weight excluding hydrogens is 498 g/mol. The fourth-order valence-corrected chi connectivity index (χ4v) is 9.00. The monoisotopic (exact) mass is 535 g/mol. The summed E-state index contributed by atoms with van der Waals surface area (Å²) in [6.07, 6.45) is 4.44. The number of hydrogen-bond donors (Lipinski definition) is 1. The molecule has 3 aromatic rings. The summed E-state index contributed by atoms with van der Waals surface area (Å²) in [4.78, 5) is 28.0. The summed E-state index contributed by atoms with van der Waals surface area (Å²) in [7, 11) is -3.22. The fourth-order valence-electron chi connectivity index (χ4n) is 5.26. The van der Waals surface area contributed by atoms with Gasteiger partial charge in [-0.2, -0.15) is 0 Å². The number of nitrogens with zero attached hydrogens (tertiary/aromatic N) is 3. The van der Waals surface area contributed by atoms with Gasteiger partial charge in [-0.3, -0.25) is 0 Å². The minimum absolute atomic E-state index is 0.234. The molecule has 4 rings (SSSR count). The highest BCUT2D eigenvalue weighted by atomic mass is 28.4. The molecule has 0 atom stereocenters. The van der Waals surface area contributed by atoms with Gasteiger partial charge in [-0.1, -0.05) is 86.1 Å². The smallest absolute Gasteiger partial charge is 0.424 e. The van der Waals surface area contributed by atoms with Gasteiger partial charge in [0.05, 0.1) is 19.8 Å². The third-order valence-corrected chi connectivity index (χ3v) is 12.3. The Kier molecular flexibility index (Phi) is 7.76. The molecule has 2 heterocycles. The van der Waals surface area contributed by atoms with E-state index in [0.717, 1.165) is 10.4 Å². The van der Waals surface area contributed by atoms with E-state index in [4.69, 9.17) is 9.47 Å². The van der Waals surface area contributed by atoms with E-state index in [1.807, 2.05) is 74.5 Å². The summed E-state index contributed by atoms with van der Waals surface area (Å²) in [5.74, 6) is -0.974. The van der Waals surface area contributed by atoms with Gasteiger partial charge in [-0.05, 0) is 53.1 Å². The molecule has 9 heteroatoms. The molecule has 0 unspecified atom stereocenters. The number of hydrogen-bond acceptors (Lipinski definition) is 6. The molecule has 1 aliphatic heterocycles. The van der Waals surface area contributed by atoms with Gasteiger partial charge in [0.1, 0.15) is 6.20 Å². The van der Waals surface area contributed by atoms with Crippen LogP contribution in [0.3, 0.4) is 0 Å².